The Morgan fingerprint density at radius 3 is 2.70 bits per heavy atom. The quantitative estimate of drug-likeness (QED) is 0.616. The molecule has 1 amide bonds. The Kier molecular flexibility index (Phi) is 6.72. The molecule has 1 aliphatic rings. The van der Waals surface area contributed by atoms with Crippen LogP contribution < -0.4 is 15.6 Å². The third-order valence-electron chi connectivity index (χ3n) is 5.35. The van der Waals surface area contributed by atoms with E-state index < -0.39 is 17.6 Å². The number of Topliss-reactive ketones (excluding diaryl/α,β-unsaturated/α-hetero) is 1. The van der Waals surface area contributed by atoms with Crippen LogP contribution >= 0.6 is 0 Å². The number of nitrogens with zero attached hydrogens (tertiary/aromatic N) is 1. The molecular formula is C23H28N2O5. The molecule has 2 aromatic rings. The molecule has 1 aliphatic carbocycles. The fraction of sp³-hybridized carbons (Fsp3) is 0.435. The number of aromatic nitrogens is 1. The van der Waals surface area contributed by atoms with Crippen molar-refractivity contribution in [2.75, 3.05) is 13.7 Å². The summed E-state index contributed by atoms with van der Waals surface area (Å²) in [5.41, 5.74) is 0.645. The minimum absolute atomic E-state index is 0.0475. The first-order chi connectivity index (χ1) is 14.3. The summed E-state index contributed by atoms with van der Waals surface area (Å²) in [7, 11) is 1.45. The second kappa shape index (κ2) is 9.26. The number of amides is 1. The summed E-state index contributed by atoms with van der Waals surface area (Å²) in [4.78, 5) is 37.8. The number of carbonyl (C=O) groups is 2. The third kappa shape index (κ3) is 5.36. The van der Waals surface area contributed by atoms with Gasteiger partial charge in [0.05, 0.1) is 12.6 Å². The number of aliphatic hydroxyl groups is 1. The highest BCUT2D eigenvalue weighted by Gasteiger charge is 2.34. The van der Waals surface area contributed by atoms with E-state index >= 15 is 0 Å². The Labute approximate surface area is 175 Å². The molecular weight excluding hydrogens is 384 g/mol. The standard InChI is InChI=1S/C23H28N2O5/c1-14-7-17(14)10-21(27)18-9-20(22(28)24-3)23(29)25(12-18)11-16-5-4-6-19(8-16)30-13-15(2)26/h4-6,8-9,12,14-15,17,26H,7,10-11,13H2,1-3H3,(H,24,28)/t14-,15-,17+/m0/s1. The van der Waals surface area contributed by atoms with Crippen molar-refractivity contribution in [2.24, 2.45) is 11.8 Å². The van der Waals surface area contributed by atoms with Crippen molar-refractivity contribution in [3.05, 3.63) is 63.6 Å². The molecule has 2 N–H and O–H groups in total. The van der Waals surface area contributed by atoms with Gasteiger partial charge < -0.3 is 19.7 Å². The first-order valence-electron chi connectivity index (χ1n) is 10.2. The van der Waals surface area contributed by atoms with Crippen molar-refractivity contribution < 1.29 is 19.4 Å². The number of hydrogen-bond acceptors (Lipinski definition) is 5. The van der Waals surface area contributed by atoms with Crippen LogP contribution in [0.25, 0.3) is 0 Å². The van der Waals surface area contributed by atoms with Crippen LogP contribution in [0.3, 0.4) is 0 Å². The topological polar surface area (TPSA) is 97.6 Å². The average molecular weight is 412 g/mol. The number of hydrogen-bond donors (Lipinski definition) is 2. The summed E-state index contributed by atoms with van der Waals surface area (Å²) in [5, 5.41) is 11.9. The van der Waals surface area contributed by atoms with Crippen molar-refractivity contribution in [2.45, 2.75) is 39.3 Å². The van der Waals surface area contributed by atoms with Gasteiger partial charge in [-0.15, -0.1) is 0 Å². The molecule has 1 fully saturated rings. The van der Waals surface area contributed by atoms with E-state index in [0.717, 1.165) is 12.0 Å². The highest BCUT2D eigenvalue weighted by molar-refractivity contribution is 6.00. The minimum atomic E-state index is -0.594. The maximum absolute atomic E-state index is 12.9. The average Bonchev–Trinajstić information content (AvgIpc) is 3.41. The molecule has 1 aromatic carbocycles. The Balaban J connectivity index is 1.90. The van der Waals surface area contributed by atoms with Gasteiger partial charge in [0.25, 0.3) is 11.5 Å². The Hall–Kier alpha value is -2.93. The largest absolute Gasteiger partial charge is 0.491 e. The highest BCUT2D eigenvalue weighted by Crippen LogP contribution is 2.41. The smallest absolute Gasteiger partial charge is 0.263 e. The SMILES string of the molecule is CNC(=O)c1cc(C(=O)C[C@H]2C[C@@H]2C)cn(Cc2cccc(OC[C@H](C)O)c2)c1=O. The number of ether oxygens (including phenoxy) is 1. The van der Waals surface area contributed by atoms with Crippen LogP contribution in [0.15, 0.2) is 41.3 Å². The maximum Gasteiger partial charge on any atom is 0.263 e. The molecule has 30 heavy (non-hydrogen) atoms. The molecule has 7 heteroatoms. The van der Waals surface area contributed by atoms with Crippen molar-refractivity contribution in [3.63, 3.8) is 0 Å². The normalized spacial score (nSPS) is 18.5. The van der Waals surface area contributed by atoms with Crippen LogP contribution in [0, 0.1) is 11.8 Å². The zero-order chi connectivity index (χ0) is 21.8. The number of pyridine rings is 1. The van der Waals surface area contributed by atoms with Gasteiger partial charge in [0.2, 0.25) is 0 Å². The number of aliphatic hydroxyl groups excluding tert-OH is 1. The molecule has 0 bridgehead atoms. The van der Waals surface area contributed by atoms with Gasteiger partial charge in [0.15, 0.2) is 5.78 Å². The van der Waals surface area contributed by atoms with Gasteiger partial charge in [-0.3, -0.25) is 14.4 Å². The summed E-state index contributed by atoms with van der Waals surface area (Å²) >= 11 is 0. The number of ketones is 1. The number of benzene rings is 1. The Morgan fingerprint density at radius 2 is 2.07 bits per heavy atom. The van der Waals surface area contributed by atoms with E-state index in [4.69, 9.17) is 4.74 Å². The van der Waals surface area contributed by atoms with Gasteiger partial charge in [0.1, 0.15) is 17.9 Å². The van der Waals surface area contributed by atoms with E-state index in [1.54, 1.807) is 25.1 Å². The Bertz CT molecular complexity index is 995. The van der Waals surface area contributed by atoms with E-state index in [2.05, 4.69) is 12.2 Å². The summed E-state index contributed by atoms with van der Waals surface area (Å²) in [6, 6.07) is 8.56. The van der Waals surface area contributed by atoms with Crippen LogP contribution in [0.4, 0.5) is 0 Å². The molecule has 1 heterocycles. The number of carbonyl (C=O) groups excluding carboxylic acids is 2. The second-order valence-electron chi connectivity index (χ2n) is 8.06. The van der Waals surface area contributed by atoms with Crippen molar-refractivity contribution in [1.29, 1.82) is 0 Å². The maximum atomic E-state index is 12.9. The van der Waals surface area contributed by atoms with Crippen LogP contribution in [0.5, 0.6) is 5.75 Å². The Morgan fingerprint density at radius 1 is 1.33 bits per heavy atom. The van der Waals surface area contributed by atoms with Crippen LogP contribution in [0.2, 0.25) is 0 Å². The molecule has 3 atom stereocenters. The summed E-state index contributed by atoms with van der Waals surface area (Å²) < 4.78 is 6.91. The van der Waals surface area contributed by atoms with Gasteiger partial charge in [-0.2, -0.15) is 0 Å². The number of rotatable bonds is 9. The van der Waals surface area contributed by atoms with Crippen LogP contribution in [-0.4, -0.2) is 41.1 Å². The lowest BCUT2D eigenvalue weighted by Gasteiger charge is -2.13. The monoisotopic (exact) mass is 412 g/mol. The molecule has 0 spiro atoms. The van der Waals surface area contributed by atoms with Crippen LogP contribution in [0.1, 0.15) is 53.0 Å². The van der Waals surface area contributed by atoms with E-state index in [0.29, 0.717) is 29.6 Å². The van der Waals surface area contributed by atoms with Crippen LogP contribution in [-0.2, 0) is 6.54 Å². The number of nitrogens with one attached hydrogen (secondary N) is 1. The zero-order valence-electron chi connectivity index (χ0n) is 17.6. The molecule has 1 saturated carbocycles. The van der Waals surface area contributed by atoms with Crippen molar-refractivity contribution in [1.82, 2.24) is 9.88 Å². The van der Waals surface area contributed by atoms with E-state index in [1.165, 1.54) is 23.9 Å². The fourth-order valence-corrected chi connectivity index (χ4v) is 3.39. The first kappa shape index (κ1) is 21.8. The second-order valence-corrected chi connectivity index (χ2v) is 8.06. The molecule has 0 saturated heterocycles. The third-order valence-corrected chi connectivity index (χ3v) is 5.35. The molecule has 0 aliphatic heterocycles. The molecule has 0 radical (unpaired) electrons. The van der Waals surface area contributed by atoms with Gasteiger partial charge in [-0.1, -0.05) is 19.1 Å². The van der Waals surface area contributed by atoms with E-state index in [9.17, 15) is 19.5 Å². The molecule has 3 rings (SSSR count). The predicted molar refractivity (Wildman–Crippen MR) is 113 cm³/mol. The van der Waals surface area contributed by atoms with Crippen molar-refractivity contribution >= 4 is 11.7 Å². The predicted octanol–water partition coefficient (Wildman–Crippen LogP) is 2.24. The van der Waals surface area contributed by atoms with E-state index in [-0.39, 0.29) is 24.5 Å². The van der Waals surface area contributed by atoms with Gasteiger partial charge in [0, 0.05) is 25.2 Å². The zero-order valence-corrected chi connectivity index (χ0v) is 17.6. The molecule has 7 nitrogen and oxygen atoms in total. The lowest BCUT2D eigenvalue weighted by molar-refractivity contribution is 0.0961. The van der Waals surface area contributed by atoms with Gasteiger partial charge in [-0.05, 0) is 48.9 Å². The molecule has 1 aromatic heterocycles. The van der Waals surface area contributed by atoms with Crippen molar-refractivity contribution in [3.8, 4) is 5.75 Å². The lowest BCUT2D eigenvalue weighted by Crippen LogP contribution is -2.32. The minimum Gasteiger partial charge on any atom is -0.491 e. The summed E-state index contributed by atoms with van der Waals surface area (Å²) in [6.07, 6.45) is 2.40. The van der Waals surface area contributed by atoms with Gasteiger partial charge in [-0.25, -0.2) is 0 Å². The molecule has 0 unspecified atom stereocenters. The van der Waals surface area contributed by atoms with Gasteiger partial charge >= 0.3 is 0 Å². The molecule has 160 valence electrons. The summed E-state index contributed by atoms with van der Waals surface area (Å²) in [6.45, 7) is 4.10. The fourth-order valence-electron chi connectivity index (χ4n) is 3.39. The highest BCUT2D eigenvalue weighted by atomic mass is 16.5. The lowest BCUT2D eigenvalue weighted by atomic mass is 10.0. The first-order valence-corrected chi connectivity index (χ1v) is 10.2. The van der Waals surface area contributed by atoms with E-state index in [1.807, 2.05) is 6.07 Å². The summed E-state index contributed by atoms with van der Waals surface area (Å²) in [5.74, 6) is 0.920.